The molecule has 0 unspecified atom stereocenters. The number of nitrogens with one attached hydrogen (secondary N) is 1. The van der Waals surface area contributed by atoms with Gasteiger partial charge in [0.2, 0.25) is 5.91 Å². The second-order valence-electron chi connectivity index (χ2n) is 3.41. The third-order valence-electron chi connectivity index (χ3n) is 2.10. The number of imidazole rings is 1. The van der Waals surface area contributed by atoms with E-state index in [9.17, 15) is 4.79 Å². The van der Waals surface area contributed by atoms with Gasteiger partial charge in [-0.3, -0.25) is 9.20 Å². The summed E-state index contributed by atoms with van der Waals surface area (Å²) in [7, 11) is 0. The average molecular weight is 347 g/mol. The fourth-order valence-corrected chi connectivity index (χ4v) is 2.47. The predicted molar refractivity (Wildman–Crippen MR) is 78.2 cm³/mol. The number of carbonyl (C=O) groups excluding carboxylic acids is 1. The summed E-state index contributed by atoms with van der Waals surface area (Å²) in [4.78, 5) is 16.5. The summed E-state index contributed by atoms with van der Waals surface area (Å²) < 4.78 is 2.55. The van der Waals surface area contributed by atoms with Gasteiger partial charge in [-0.2, -0.15) is 0 Å². The molecule has 0 spiro atoms. The van der Waals surface area contributed by atoms with Crippen molar-refractivity contribution in [2.75, 3.05) is 6.54 Å². The van der Waals surface area contributed by atoms with Crippen LogP contribution in [0.1, 0.15) is 5.69 Å². The highest BCUT2D eigenvalue weighted by atomic mass is 79.9. The molecule has 0 aromatic carbocycles. The van der Waals surface area contributed by atoms with Crippen molar-refractivity contribution < 1.29 is 4.79 Å². The third-order valence-corrected chi connectivity index (χ3v) is 3.42. The zero-order valence-electron chi connectivity index (χ0n) is 9.19. The number of hydrogen-bond donors (Lipinski definition) is 1. The number of nitrogens with zero attached hydrogens (tertiary/aromatic N) is 2. The third kappa shape index (κ3) is 3.01. The second-order valence-corrected chi connectivity index (χ2v) is 5.76. The molecule has 0 aliphatic rings. The summed E-state index contributed by atoms with van der Waals surface area (Å²) >= 11 is 10.6. The van der Waals surface area contributed by atoms with Crippen molar-refractivity contribution in [1.82, 2.24) is 14.7 Å². The zero-order valence-corrected chi connectivity index (χ0v) is 12.3. The van der Waals surface area contributed by atoms with E-state index in [1.807, 2.05) is 16.0 Å². The van der Waals surface area contributed by atoms with Crippen molar-refractivity contribution in [3.05, 3.63) is 39.6 Å². The van der Waals surface area contributed by atoms with Gasteiger partial charge in [-0.15, -0.1) is 11.3 Å². The van der Waals surface area contributed by atoms with Crippen LogP contribution in [-0.4, -0.2) is 21.8 Å². The number of thiazole rings is 1. The smallest absolute Gasteiger partial charge is 0.244 e. The van der Waals surface area contributed by atoms with Crippen molar-refractivity contribution in [3.8, 4) is 0 Å². The van der Waals surface area contributed by atoms with Crippen molar-refractivity contribution in [3.63, 3.8) is 0 Å². The van der Waals surface area contributed by atoms with Crippen LogP contribution < -0.4 is 5.32 Å². The predicted octanol–water partition coefficient (Wildman–Crippen LogP) is 3.09. The second kappa shape index (κ2) is 5.69. The molecule has 7 heteroatoms. The highest BCUT2D eigenvalue weighted by Gasteiger charge is 2.08. The highest BCUT2D eigenvalue weighted by molar-refractivity contribution is 9.11. The molecule has 2 aromatic heterocycles. The van der Waals surface area contributed by atoms with E-state index in [0.29, 0.717) is 21.9 Å². The largest absolute Gasteiger partial charge is 0.348 e. The molecule has 18 heavy (non-hydrogen) atoms. The SMILES string of the molecule is C=C(Br)CNC(=O)/C=C/c1c(Cl)nc2sccn12. The molecular formula is C11H9BrClN3OS. The molecule has 0 bridgehead atoms. The Morgan fingerprint density at radius 3 is 3.22 bits per heavy atom. The molecule has 4 nitrogen and oxygen atoms in total. The first-order valence-electron chi connectivity index (χ1n) is 4.98. The van der Waals surface area contributed by atoms with Gasteiger partial charge in [-0.1, -0.05) is 34.1 Å². The molecule has 2 rings (SSSR count). The minimum atomic E-state index is -0.211. The van der Waals surface area contributed by atoms with Gasteiger partial charge in [0, 0.05) is 28.7 Å². The van der Waals surface area contributed by atoms with Gasteiger partial charge in [0.25, 0.3) is 0 Å². The van der Waals surface area contributed by atoms with Crippen molar-refractivity contribution in [2.24, 2.45) is 0 Å². The van der Waals surface area contributed by atoms with E-state index in [4.69, 9.17) is 11.6 Å². The monoisotopic (exact) mass is 345 g/mol. The molecule has 1 N–H and O–H groups in total. The molecule has 0 atom stereocenters. The van der Waals surface area contributed by atoms with Crippen LogP contribution in [0, 0.1) is 0 Å². The standard InChI is InChI=1S/C11H9BrClN3OS/c1-7(12)6-14-9(17)3-2-8-10(13)15-11-16(8)4-5-18-11/h2-5H,1,6H2,(H,14,17)/b3-2+. The van der Waals surface area contributed by atoms with Crippen LogP contribution in [0.3, 0.4) is 0 Å². The van der Waals surface area contributed by atoms with Crippen LogP contribution in [-0.2, 0) is 4.79 Å². The molecule has 94 valence electrons. The van der Waals surface area contributed by atoms with Crippen molar-refractivity contribution in [1.29, 1.82) is 0 Å². The molecule has 0 radical (unpaired) electrons. The normalized spacial score (nSPS) is 11.2. The Hall–Kier alpha value is -1.11. The number of aromatic nitrogens is 2. The van der Waals surface area contributed by atoms with Crippen LogP contribution >= 0.6 is 38.9 Å². The van der Waals surface area contributed by atoms with Gasteiger partial charge in [0.1, 0.15) is 0 Å². The maximum atomic E-state index is 11.5. The topological polar surface area (TPSA) is 46.4 Å². The highest BCUT2D eigenvalue weighted by Crippen LogP contribution is 2.22. The molecule has 0 fully saturated rings. The van der Waals surface area contributed by atoms with Crippen LogP contribution in [0.25, 0.3) is 11.0 Å². The Kier molecular flexibility index (Phi) is 4.21. The first-order chi connectivity index (χ1) is 8.58. The van der Waals surface area contributed by atoms with Gasteiger partial charge in [-0.05, 0) is 6.08 Å². The molecule has 0 saturated carbocycles. The van der Waals surface area contributed by atoms with Crippen LogP contribution in [0.4, 0.5) is 0 Å². The van der Waals surface area contributed by atoms with Crippen LogP contribution in [0.15, 0.2) is 28.7 Å². The summed E-state index contributed by atoms with van der Waals surface area (Å²) in [6.45, 7) is 4.02. The van der Waals surface area contributed by atoms with Gasteiger partial charge in [0.15, 0.2) is 10.1 Å². The minimum Gasteiger partial charge on any atom is -0.348 e. The first kappa shape index (κ1) is 13.3. The van der Waals surface area contributed by atoms with Crippen molar-refractivity contribution in [2.45, 2.75) is 0 Å². The molecular weight excluding hydrogens is 338 g/mol. The lowest BCUT2D eigenvalue weighted by molar-refractivity contribution is -0.116. The van der Waals surface area contributed by atoms with E-state index in [1.165, 1.54) is 17.4 Å². The maximum absolute atomic E-state index is 11.5. The lowest BCUT2D eigenvalue weighted by Crippen LogP contribution is -2.21. The first-order valence-corrected chi connectivity index (χ1v) is 7.03. The Morgan fingerprint density at radius 2 is 2.50 bits per heavy atom. The molecule has 2 aromatic rings. The minimum absolute atomic E-state index is 0.211. The summed E-state index contributed by atoms with van der Waals surface area (Å²) in [5, 5.41) is 4.96. The lowest BCUT2D eigenvalue weighted by atomic mass is 10.4. The summed E-state index contributed by atoms with van der Waals surface area (Å²) in [6.07, 6.45) is 4.92. The van der Waals surface area contributed by atoms with E-state index in [2.05, 4.69) is 32.8 Å². The zero-order chi connectivity index (χ0) is 13.1. The average Bonchev–Trinajstić information content (AvgIpc) is 2.84. The Balaban J connectivity index is 2.13. The Labute approximate surface area is 121 Å². The van der Waals surface area contributed by atoms with E-state index >= 15 is 0 Å². The van der Waals surface area contributed by atoms with Gasteiger partial charge < -0.3 is 5.32 Å². The summed E-state index contributed by atoms with van der Waals surface area (Å²) in [6, 6.07) is 0. The van der Waals surface area contributed by atoms with Gasteiger partial charge in [0.05, 0.1) is 5.69 Å². The summed E-state index contributed by atoms with van der Waals surface area (Å²) in [5.41, 5.74) is 0.695. The molecule has 2 heterocycles. The number of rotatable bonds is 4. The lowest BCUT2D eigenvalue weighted by Gasteiger charge is -1.98. The molecule has 1 amide bonds. The quantitative estimate of drug-likeness (QED) is 0.865. The fourth-order valence-electron chi connectivity index (χ4n) is 1.32. The fraction of sp³-hybridized carbons (Fsp3) is 0.0909. The number of hydrogen-bond acceptors (Lipinski definition) is 3. The number of carbonyl (C=O) groups is 1. The summed E-state index contributed by atoms with van der Waals surface area (Å²) in [5.74, 6) is -0.211. The number of halogens is 2. The number of amides is 1. The Bertz CT molecular complexity index is 631. The van der Waals surface area contributed by atoms with Crippen molar-refractivity contribution >= 4 is 55.8 Å². The van der Waals surface area contributed by atoms with Gasteiger partial charge in [-0.25, -0.2) is 4.98 Å². The van der Waals surface area contributed by atoms with E-state index in [0.717, 1.165) is 4.96 Å². The molecule has 0 aliphatic heterocycles. The Morgan fingerprint density at radius 1 is 1.72 bits per heavy atom. The van der Waals surface area contributed by atoms with E-state index < -0.39 is 0 Å². The number of fused-ring (bicyclic) bond motifs is 1. The van der Waals surface area contributed by atoms with Crippen LogP contribution in [0.5, 0.6) is 0 Å². The molecule has 0 saturated heterocycles. The molecule has 0 aliphatic carbocycles. The van der Waals surface area contributed by atoms with Crippen LogP contribution in [0.2, 0.25) is 5.15 Å². The maximum Gasteiger partial charge on any atom is 0.244 e. The van der Waals surface area contributed by atoms with E-state index in [1.54, 1.807) is 6.08 Å². The van der Waals surface area contributed by atoms with E-state index in [-0.39, 0.29) is 5.91 Å². The van der Waals surface area contributed by atoms with Gasteiger partial charge >= 0.3 is 0 Å².